The predicted molar refractivity (Wildman–Crippen MR) is 95.8 cm³/mol. The molecule has 1 aliphatic rings. The maximum Gasteiger partial charge on any atom is 0.307 e. The Bertz CT molecular complexity index is 693. The molecule has 132 valence electrons. The molecule has 0 amide bonds. The lowest BCUT2D eigenvalue weighted by molar-refractivity contribution is -0.178. The Morgan fingerprint density at radius 1 is 0.920 bits per heavy atom. The van der Waals surface area contributed by atoms with Gasteiger partial charge in [-0.3, -0.25) is 14.6 Å². The lowest BCUT2D eigenvalue weighted by Crippen LogP contribution is -2.62. The molecule has 5 heteroatoms. The lowest BCUT2D eigenvalue weighted by Gasteiger charge is -2.47. The van der Waals surface area contributed by atoms with Crippen molar-refractivity contribution in [3.63, 3.8) is 0 Å². The number of aliphatic hydroxyl groups is 1. The van der Waals surface area contributed by atoms with Crippen LogP contribution in [-0.4, -0.2) is 51.3 Å². The summed E-state index contributed by atoms with van der Waals surface area (Å²) in [6.07, 6.45) is -0.287. The van der Waals surface area contributed by atoms with E-state index in [0.29, 0.717) is 26.2 Å². The van der Waals surface area contributed by atoms with Crippen LogP contribution in [0, 0.1) is 0 Å². The van der Waals surface area contributed by atoms with Gasteiger partial charge in [0, 0.05) is 32.7 Å². The molecule has 0 saturated carbocycles. The largest absolute Gasteiger partial charge is 0.481 e. The summed E-state index contributed by atoms with van der Waals surface area (Å²) in [6.45, 7) is 3.00. The fourth-order valence-corrected chi connectivity index (χ4v) is 3.42. The minimum Gasteiger partial charge on any atom is -0.481 e. The van der Waals surface area contributed by atoms with Crippen LogP contribution in [0.4, 0.5) is 0 Å². The second-order valence-corrected chi connectivity index (χ2v) is 6.66. The maximum atomic E-state index is 11.3. The number of β-amino-alcohol motifs (C(OH)–C–C–N with tert-alkyl or cyclic N) is 1. The standard InChI is InChI=1S/C20H24N2O3/c23-19(24)13-20(25)16-21(14-17-7-3-1-4-8-17)11-12-22(20)15-18-9-5-2-6-10-18/h1-10,25H,11-16H2,(H,23,24). The van der Waals surface area contributed by atoms with Gasteiger partial charge in [0.2, 0.25) is 0 Å². The first kappa shape index (κ1) is 17.6. The van der Waals surface area contributed by atoms with Gasteiger partial charge >= 0.3 is 5.97 Å². The predicted octanol–water partition coefficient (Wildman–Crippen LogP) is 2.17. The quantitative estimate of drug-likeness (QED) is 0.844. The van der Waals surface area contributed by atoms with Crippen molar-refractivity contribution in [2.24, 2.45) is 0 Å². The summed E-state index contributed by atoms with van der Waals surface area (Å²) in [6, 6.07) is 19.9. The lowest BCUT2D eigenvalue weighted by atomic mass is 10.0. The van der Waals surface area contributed by atoms with Crippen molar-refractivity contribution in [2.45, 2.75) is 25.2 Å². The molecule has 1 aliphatic heterocycles. The van der Waals surface area contributed by atoms with Crippen molar-refractivity contribution in [3.05, 3.63) is 71.8 Å². The van der Waals surface area contributed by atoms with E-state index in [1.165, 1.54) is 0 Å². The van der Waals surface area contributed by atoms with Crippen molar-refractivity contribution in [3.8, 4) is 0 Å². The Balaban J connectivity index is 1.73. The molecule has 1 atom stereocenters. The second kappa shape index (κ2) is 7.78. The molecule has 5 nitrogen and oxygen atoms in total. The highest BCUT2D eigenvalue weighted by Crippen LogP contribution is 2.26. The molecule has 2 aromatic rings. The van der Waals surface area contributed by atoms with Crippen LogP contribution in [0.15, 0.2) is 60.7 Å². The summed E-state index contributed by atoms with van der Waals surface area (Å²) >= 11 is 0. The molecule has 1 heterocycles. The van der Waals surface area contributed by atoms with Gasteiger partial charge in [-0.2, -0.15) is 0 Å². The zero-order valence-corrected chi connectivity index (χ0v) is 14.2. The Hall–Kier alpha value is -2.21. The molecule has 2 N–H and O–H groups in total. The van der Waals surface area contributed by atoms with E-state index in [9.17, 15) is 15.0 Å². The molecule has 1 saturated heterocycles. The van der Waals surface area contributed by atoms with E-state index in [-0.39, 0.29) is 6.42 Å². The third-order valence-electron chi connectivity index (χ3n) is 4.65. The van der Waals surface area contributed by atoms with Gasteiger partial charge in [-0.1, -0.05) is 60.7 Å². The highest BCUT2D eigenvalue weighted by atomic mass is 16.4. The Morgan fingerprint density at radius 2 is 1.48 bits per heavy atom. The summed E-state index contributed by atoms with van der Waals surface area (Å²) in [5.74, 6) is -0.984. The molecule has 0 radical (unpaired) electrons. The van der Waals surface area contributed by atoms with Crippen molar-refractivity contribution in [2.75, 3.05) is 19.6 Å². The van der Waals surface area contributed by atoms with Gasteiger partial charge in [-0.25, -0.2) is 0 Å². The number of nitrogens with zero attached hydrogens (tertiary/aromatic N) is 2. The van der Waals surface area contributed by atoms with E-state index in [1.807, 2.05) is 65.6 Å². The maximum absolute atomic E-state index is 11.3. The van der Waals surface area contributed by atoms with E-state index < -0.39 is 11.7 Å². The first-order valence-electron chi connectivity index (χ1n) is 8.55. The smallest absolute Gasteiger partial charge is 0.307 e. The van der Waals surface area contributed by atoms with Gasteiger partial charge in [0.25, 0.3) is 0 Å². The van der Waals surface area contributed by atoms with Crippen LogP contribution in [0.25, 0.3) is 0 Å². The van der Waals surface area contributed by atoms with Crippen LogP contribution in [0.3, 0.4) is 0 Å². The average Bonchev–Trinajstić information content (AvgIpc) is 2.58. The number of benzene rings is 2. The Kier molecular flexibility index (Phi) is 5.48. The first-order valence-corrected chi connectivity index (χ1v) is 8.55. The molecule has 0 aromatic heterocycles. The number of rotatable bonds is 6. The summed E-state index contributed by atoms with van der Waals surface area (Å²) in [5.41, 5.74) is 0.869. The number of hydrogen-bond donors (Lipinski definition) is 2. The fourth-order valence-electron chi connectivity index (χ4n) is 3.42. The van der Waals surface area contributed by atoms with Crippen molar-refractivity contribution >= 4 is 5.97 Å². The SMILES string of the molecule is O=C(O)CC1(O)CN(Cc2ccccc2)CCN1Cc1ccccc1. The molecule has 25 heavy (non-hydrogen) atoms. The van der Waals surface area contributed by atoms with Gasteiger partial charge in [-0.15, -0.1) is 0 Å². The minimum atomic E-state index is -1.37. The summed E-state index contributed by atoms with van der Waals surface area (Å²) in [7, 11) is 0. The second-order valence-electron chi connectivity index (χ2n) is 6.66. The fraction of sp³-hybridized carbons (Fsp3) is 0.350. The van der Waals surface area contributed by atoms with Crippen LogP contribution in [0.1, 0.15) is 17.5 Å². The molecule has 3 rings (SSSR count). The molecule has 0 aliphatic carbocycles. The molecule has 0 spiro atoms. The van der Waals surface area contributed by atoms with Gasteiger partial charge in [0.15, 0.2) is 0 Å². The highest BCUT2D eigenvalue weighted by molar-refractivity contribution is 5.68. The number of carbonyl (C=O) groups is 1. The summed E-state index contributed by atoms with van der Waals surface area (Å²) < 4.78 is 0. The van der Waals surface area contributed by atoms with E-state index in [4.69, 9.17) is 0 Å². The van der Waals surface area contributed by atoms with Crippen LogP contribution in [-0.2, 0) is 17.9 Å². The highest BCUT2D eigenvalue weighted by Gasteiger charge is 2.41. The molecular weight excluding hydrogens is 316 g/mol. The van der Waals surface area contributed by atoms with Gasteiger partial charge < -0.3 is 10.2 Å². The molecule has 1 fully saturated rings. The molecule has 1 unspecified atom stereocenters. The Morgan fingerprint density at radius 3 is 2.04 bits per heavy atom. The van der Waals surface area contributed by atoms with Gasteiger partial charge in [0.05, 0.1) is 6.42 Å². The number of aliphatic carboxylic acids is 1. The molecular formula is C20H24N2O3. The van der Waals surface area contributed by atoms with E-state index in [1.54, 1.807) is 0 Å². The number of carboxylic acid groups (broad SMARTS) is 1. The van der Waals surface area contributed by atoms with Gasteiger partial charge in [-0.05, 0) is 11.1 Å². The molecule has 2 aromatic carbocycles. The van der Waals surface area contributed by atoms with Gasteiger partial charge in [0.1, 0.15) is 5.72 Å². The third-order valence-corrected chi connectivity index (χ3v) is 4.65. The van der Waals surface area contributed by atoms with Crippen molar-refractivity contribution in [1.82, 2.24) is 9.80 Å². The number of hydrogen-bond acceptors (Lipinski definition) is 4. The first-order chi connectivity index (χ1) is 12.0. The van der Waals surface area contributed by atoms with Crippen molar-refractivity contribution < 1.29 is 15.0 Å². The average molecular weight is 340 g/mol. The summed E-state index contributed by atoms with van der Waals surface area (Å²) in [4.78, 5) is 15.3. The number of piperazine rings is 1. The zero-order chi connectivity index (χ0) is 17.7. The summed E-state index contributed by atoms with van der Waals surface area (Å²) in [5, 5.41) is 20.4. The monoisotopic (exact) mass is 340 g/mol. The number of carboxylic acids is 1. The van der Waals surface area contributed by atoms with Crippen LogP contribution < -0.4 is 0 Å². The van der Waals surface area contributed by atoms with Crippen molar-refractivity contribution in [1.29, 1.82) is 0 Å². The topological polar surface area (TPSA) is 64.0 Å². The Labute approximate surface area is 148 Å². The van der Waals surface area contributed by atoms with Crippen LogP contribution in [0.5, 0.6) is 0 Å². The minimum absolute atomic E-state index is 0.287. The molecule has 0 bridgehead atoms. The van der Waals surface area contributed by atoms with E-state index in [2.05, 4.69) is 4.90 Å². The van der Waals surface area contributed by atoms with E-state index in [0.717, 1.165) is 17.7 Å². The zero-order valence-electron chi connectivity index (χ0n) is 14.2. The third kappa shape index (κ3) is 4.66. The van der Waals surface area contributed by atoms with E-state index >= 15 is 0 Å². The normalized spacial score (nSPS) is 22.0. The van der Waals surface area contributed by atoms with Crippen LogP contribution >= 0.6 is 0 Å². The van der Waals surface area contributed by atoms with Crippen LogP contribution in [0.2, 0.25) is 0 Å².